The fourth-order valence-electron chi connectivity index (χ4n) is 1.97. The highest BCUT2D eigenvalue weighted by atomic mass is 32.2. The predicted octanol–water partition coefficient (Wildman–Crippen LogP) is 1.56. The second-order valence-corrected chi connectivity index (χ2v) is 6.27. The summed E-state index contributed by atoms with van der Waals surface area (Å²) >= 11 is 0. The van der Waals surface area contributed by atoms with Gasteiger partial charge in [0.05, 0.1) is 10.6 Å². The molecule has 0 N–H and O–H groups in total. The highest BCUT2D eigenvalue weighted by molar-refractivity contribution is 7.89. The van der Waals surface area contributed by atoms with Crippen LogP contribution in [0.2, 0.25) is 0 Å². The van der Waals surface area contributed by atoms with E-state index in [0.29, 0.717) is 26.2 Å². The number of piperazine rings is 1. The zero-order chi connectivity index (χ0) is 13.9. The van der Waals surface area contributed by atoms with Crippen LogP contribution in [0.25, 0.3) is 10.4 Å². The normalized spacial score (nSPS) is 17.9. The van der Waals surface area contributed by atoms with Crippen LogP contribution in [0, 0.1) is 0 Å². The van der Waals surface area contributed by atoms with Gasteiger partial charge in [0, 0.05) is 31.1 Å². The van der Waals surface area contributed by atoms with Crippen molar-refractivity contribution in [3.05, 3.63) is 34.7 Å². The van der Waals surface area contributed by atoms with Crippen LogP contribution in [0.5, 0.6) is 0 Å². The van der Waals surface area contributed by atoms with E-state index in [-0.39, 0.29) is 10.6 Å². The Morgan fingerprint density at radius 3 is 2.47 bits per heavy atom. The topological polar surface area (TPSA) is 89.4 Å². The van der Waals surface area contributed by atoms with Crippen LogP contribution in [0.3, 0.4) is 0 Å². The van der Waals surface area contributed by atoms with Crippen molar-refractivity contribution in [2.24, 2.45) is 5.11 Å². The Bertz CT molecular complexity index is 601. The minimum atomic E-state index is -3.60. The van der Waals surface area contributed by atoms with E-state index in [4.69, 9.17) is 5.53 Å². The first-order valence-electron chi connectivity index (χ1n) is 5.88. The molecule has 2 rings (SSSR count). The van der Waals surface area contributed by atoms with Crippen LogP contribution < -0.4 is 0 Å². The zero-order valence-electron chi connectivity index (χ0n) is 10.6. The molecule has 19 heavy (non-hydrogen) atoms. The van der Waals surface area contributed by atoms with Crippen LogP contribution in [0.15, 0.2) is 34.3 Å². The maximum atomic E-state index is 12.5. The average molecular weight is 281 g/mol. The molecule has 1 aromatic rings. The molecule has 0 unspecified atom stereocenters. The number of nitrogens with zero attached hydrogens (tertiary/aromatic N) is 5. The summed E-state index contributed by atoms with van der Waals surface area (Å²) in [6.45, 7) is 2.29. The van der Waals surface area contributed by atoms with Gasteiger partial charge in [-0.15, -0.1) is 0 Å². The smallest absolute Gasteiger partial charge is 0.243 e. The first-order valence-corrected chi connectivity index (χ1v) is 7.32. The molecule has 0 spiro atoms. The molecule has 0 atom stereocenters. The molecule has 0 radical (unpaired) electrons. The molecule has 0 aliphatic carbocycles. The number of likely N-dealkylation sites (N-methyl/N-ethyl adjacent to an activating group) is 1. The predicted molar refractivity (Wildman–Crippen MR) is 71.5 cm³/mol. The van der Waals surface area contributed by atoms with E-state index < -0.39 is 10.0 Å². The summed E-state index contributed by atoms with van der Waals surface area (Å²) in [5, 5.41) is 3.45. The van der Waals surface area contributed by atoms with Gasteiger partial charge in [-0.1, -0.05) is 23.3 Å². The van der Waals surface area contributed by atoms with Gasteiger partial charge in [0.15, 0.2) is 0 Å². The number of hydrogen-bond donors (Lipinski definition) is 0. The molecule has 1 fully saturated rings. The molecule has 1 saturated heterocycles. The van der Waals surface area contributed by atoms with Gasteiger partial charge in [0.2, 0.25) is 10.0 Å². The van der Waals surface area contributed by atoms with E-state index in [2.05, 4.69) is 14.9 Å². The van der Waals surface area contributed by atoms with Crippen molar-refractivity contribution in [1.29, 1.82) is 0 Å². The van der Waals surface area contributed by atoms with Crippen LogP contribution in [0.4, 0.5) is 5.69 Å². The second-order valence-electron chi connectivity index (χ2n) is 4.36. The van der Waals surface area contributed by atoms with E-state index in [9.17, 15) is 8.42 Å². The summed E-state index contributed by atoms with van der Waals surface area (Å²) in [4.78, 5) is 4.81. The molecule has 0 saturated carbocycles. The van der Waals surface area contributed by atoms with Gasteiger partial charge in [0.25, 0.3) is 0 Å². The third kappa shape index (κ3) is 2.87. The molecular formula is C11H15N5O2S. The van der Waals surface area contributed by atoms with E-state index >= 15 is 0 Å². The third-order valence-corrected chi connectivity index (χ3v) is 5.04. The lowest BCUT2D eigenvalue weighted by molar-refractivity contribution is 0.222. The minimum Gasteiger partial charge on any atom is -0.304 e. The molecule has 0 bridgehead atoms. The summed E-state index contributed by atoms with van der Waals surface area (Å²) in [5.74, 6) is 0. The van der Waals surface area contributed by atoms with Gasteiger partial charge in [-0.3, -0.25) is 0 Å². The summed E-state index contributed by atoms with van der Waals surface area (Å²) in [7, 11) is -1.64. The van der Waals surface area contributed by atoms with Crippen molar-refractivity contribution in [3.63, 3.8) is 0 Å². The monoisotopic (exact) mass is 281 g/mol. The molecule has 1 aromatic carbocycles. The van der Waals surface area contributed by atoms with E-state index in [0.717, 1.165) is 0 Å². The summed E-state index contributed by atoms with van der Waals surface area (Å²) in [5.41, 5.74) is 8.64. The van der Waals surface area contributed by atoms with Crippen molar-refractivity contribution < 1.29 is 8.42 Å². The second kappa shape index (κ2) is 5.58. The van der Waals surface area contributed by atoms with Crippen LogP contribution >= 0.6 is 0 Å². The van der Waals surface area contributed by atoms with E-state index in [1.807, 2.05) is 7.05 Å². The Hall–Kier alpha value is -1.60. The number of hydrogen-bond acceptors (Lipinski definition) is 4. The maximum absolute atomic E-state index is 12.5. The molecule has 0 aromatic heterocycles. The maximum Gasteiger partial charge on any atom is 0.243 e. The highest BCUT2D eigenvalue weighted by Crippen LogP contribution is 2.27. The number of sulfonamides is 1. The molecule has 1 heterocycles. The van der Waals surface area contributed by atoms with E-state index in [1.54, 1.807) is 12.1 Å². The minimum absolute atomic E-state index is 0.0670. The molecule has 0 amide bonds. The number of benzene rings is 1. The number of rotatable bonds is 3. The highest BCUT2D eigenvalue weighted by Gasteiger charge is 2.28. The van der Waals surface area contributed by atoms with Gasteiger partial charge in [-0.2, -0.15) is 4.31 Å². The Kier molecular flexibility index (Phi) is 4.06. The standard InChI is InChI=1S/C11H15N5O2S/c1-15-6-8-16(9-7-15)19(17,18)11-5-3-2-4-10(11)13-14-12/h2-5H,6-9H2,1H3. The Morgan fingerprint density at radius 1 is 1.21 bits per heavy atom. The van der Waals surface area contributed by atoms with Crippen molar-refractivity contribution in [1.82, 2.24) is 9.21 Å². The first kappa shape index (κ1) is 13.8. The Balaban J connectivity index is 2.37. The van der Waals surface area contributed by atoms with E-state index in [1.165, 1.54) is 16.4 Å². The third-order valence-electron chi connectivity index (χ3n) is 3.10. The summed E-state index contributed by atoms with van der Waals surface area (Å²) < 4.78 is 26.5. The lowest BCUT2D eigenvalue weighted by atomic mass is 10.3. The molecule has 1 aliphatic heterocycles. The quantitative estimate of drug-likeness (QED) is 0.478. The van der Waals surface area contributed by atoms with Crippen LogP contribution in [-0.2, 0) is 10.0 Å². The zero-order valence-corrected chi connectivity index (χ0v) is 11.4. The molecule has 1 aliphatic rings. The number of azide groups is 1. The first-order chi connectivity index (χ1) is 9.05. The summed E-state index contributed by atoms with van der Waals surface area (Å²) in [6, 6.07) is 6.24. The van der Waals surface area contributed by atoms with Crippen molar-refractivity contribution in [2.75, 3.05) is 33.2 Å². The van der Waals surface area contributed by atoms with Crippen molar-refractivity contribution in [2.45, 2.75) is 4.90 Å². The van der Waals surface area contributed by atoms with Gasteiger partial charge < -0.3 is 4.90 Å². The lowest BCUT2D eigenvalue weighted by Crippen LogP contribution is -2.47. The van der Waals surface area contributed by atoms with Crippen LogP contribution in [0.1, 0.15) is 0 Å². The van der Waals surface area contributed by atoms with Gasteiger partial charge in [-0.05, 0) is 18.6 Å². The van der Waals surface area contributed by atoms with Crippen molar-refractivity contribution >= 4 is 15.7 Å². The Labute approximate surface area is 112 Å². The Morgan fingerprint density at radius 2 is 1.84 bits per heavy atom. The summed E-state index contributed by atoms with van der Waals surface area (Å²) in [6.07, 6.45) is 0. The molecule has 102 valence electrons. The van der Waals surface area contributed by atoms with Gasteiger partial charge >= 0.3 is 0 Å². The average Bonchev–Trinajstić information content (AvgIpc) is 2.40. The largest absolute Gasteiger partial charge is 0.304 e. The van der Waals surface area contributed by atoms with Crippen molar-refractivity contribution in [3.8, 4) is 0 Å². The molecule has 8 heteroatoms. The SMILES string of the molecule is CN1CCN(S(=O)(=O)c2ccccc2N=[N+]=[N-])CC1. The fraction of sp³-hybridized carbons (Fsp3) is 0.455. The molecular weight excluding hydrogens is 266 g/mol. The molecule has 7 nitrogen and oxygen atoms in total. The lowest BCUT2D eigenvalue weighted by Gasteiger charge is -2.31. The van der Waals surface area contributed by atoms with Crippen LogP contribution in [-0.4, -0.2) is 50.8 Å². The van der Waals surface area contributed by atoms with Gasteiger partial charge in [-0.25, -0.2) is 8.42 Å². The van der Waals surface area contributed by atoms with Gasteiger partial charge in [0.1, 0.15) is 0 Å². The fourth-order valence-corrected chi connectivity index (χ4v) is 3.52.